The van der Waals surface area contributed by atoms with Crippen molar-refractivity contribution in [3.05, 3.63) is 24.0 Å². The van der Waals surface area contributed by atoms with Crippen LogP contribution in [0.25, 0.3) is 0 Å². The second kappa shape index (κ2) is 15.2. The monoisotopic (exact) mass is 491 g/mol. The summed E-state index contributed by atoms with van der Waals surface area (Å²) in [4.78, 5) is 4.42. The third-order valence-corrected chi connectivity index (χ3v) is 8.78. The van der Waals surface area contributed by atoms with E-state index in [-0.39, 0.29) is 12.3 Å². The lowest BCUT2D eigenvalue weighted by Gasteiger charge is -2.41. The third-order valence-electron chi connectivity index (χ3n) is 8.78. The van der Waals surface area contributed by atoms with Crippen LogP contribution >= 0.6 is 0 Å². The molecular formula is C31H51F2NO. The Morgan fingerprint density at radius 3 is 2.11 bits per heavy atom. The first-order chi connectivity index (χ1) is 17.0. The molecule has 0 bridgehead atoms. The van der Waals surface area contributed by atoms with Crippen LogP contribution in [0.2, 0.25) is 0 Å². The number of halogens is 2. The highest BCUT2D eigenvalue weighted by Gasteiger charge is 2.48. The molecule has 0 N–H and O–H groups in total. The number of alkyl halides is 2. The van der Waals surface area contributed by atoms with Gasteiger partial charge in [-0.3, -0.25) is 4.98 Å². The highest BCUT2D eigenvalue weighted by molar-refractivity contribution is 5.23. The van der Waals surface area contributed by atoms with Crippen molar-refractivity contribution in [2.45, 2.75) is 141 Å². The number of aromatic nitrogens is 1. The Bertz CT molecular complexity index is 684. The van der Waals surface area contributed by atoms with Gasteiger partial charge >= 0.3 is 0 Å². The summed E-state index contributed by atoms with van der Waals surface area (Å²) in [5, 5.41) is 0. The van der Waals surface area contributed by atoms with Crippen LogP contribution in [0.4, 0.5) is 8.78 Å². The standard InChI is InChI=1S/C31H51F2NO/c1-3-5-7-8-9-10-12-22-35-28-19-21-30(34-24-28)29-20-18-27(23-31(29,32)33)26-16-14-25(15-17-26)13-11-6-4-2/h19,21,24-27,29H,3-18,20,22-23H2,1-2H3/t25?,26?,27-,29+/m0/s1. The molecule has 35 heavy (non-hydrogen) atoms. The van der Waals surface area contributed by atoms with Gasteiger partial charge in [0.15, 0.2) is 0 Å². The maximum Gasteiger partial charge on any atom is 0.256 e. The van der Waals surface area contributed by atoms with E-state index in [0.29, 0.717) is 30.4 Å². The number of pyridine rings is 1. The summed E-state index contributed by atoms with van der Waals surface area (Å²) < 4.78 is 36.4. The molecule has 1 aromatic heterocycles. The van der Waals surface area contributed by atoms with Crippen molar-refractivity contribution in [3.8, 4) is 5.75 Å². The van der Waals surface area contributed by atoms with Crippen molar-refractivity contribution < 1.29 is 13.5 Å². The van der Waals surface area contributed by atoms with E-state index in [1.807, 2.05) is 6.07 Å². The summed E-state index contributed by atoms with van der Waals surface area (Å²) in [6.45, 7) is 5.17. The summed E-state index contributed by atoms with van der Waals surface area (Å²) in [5.74, 6) is -1.19. The van der Waals surface area contributed by atoms with Gasteiger partial charge in [-0.15, -0.1) is 0 Å². The molecule has 0 aliphatic heterocycles. The number of hydrogen-bond donors (Lipinski definition) is 0. The first kappa shape index (κ1) is 28.4. The molecule has 2 saturated carbocycles. The fraction of sp³-hybridized carbons (Fsp3) is 0.839. The highest BCUT2D eigenvalue weighted by Crippen LogP contribution is 2.51. The lowest BCUT2D eigenvalue weighted by atomic mass is 9.67. The summed E-state index contributed by atoms with van der Waals surface area (Å²) in [7, 11) is 0. The van der Waals surface area contributed by atoms with Gasteiger partial charge in [0.2, 0.25) is 0 Å². The zero-order valence-corrected chi connectivity index (χ0v) is 22.6. The van der Waals surface area contributed by atoms with Crippen molar-refractivity contribution >= 4 is 0 Å². The molecule has 0 saturated heterocycles. The molecule has 0 spiro atoms. The number of hydrogen-bond acceptors (Lipinski definition) is 2. The summed E-state index contributed by atoms with van der Waals surface area (Å²) in [6.07, 6.45) is 22.0. The maximum absolute atomic E-state index is 15.3. The Morgan fingerprint density at radius 1 is 0.800 bits per heavy atom. The molecule has 0 amide bonds. The molecule has 2 fully saturated rings. The minimum absolute atomic E-state index is 0.0427. The number of unbranched alkanes of at least 4 members (excludes halogenated alkanes) is 8. The Morgan fingerprint density at radius 2 is 1.46 bits per heavy atom. The first-order valence-electron chi connectivity index (χ1n) is 15.0. The van der Waals surface area contributed by atoms with E-state index < -0.39 is 11.8 Å². The SMILES string of the molecule is CCCCCCCCCOc1ccc([C@H]2CC[C@H](C3CCC(CCCCC)CC3)CC2(F)F)nc1. The molecule has 2 atom stereocenters. The molecule has 4 heteroatoms. The summed E-state index contributed by atoms with van der Waals surface area (Å²) in [5.41, 5.74) is 0.538. The van der Waals surface area contributed by atoms with Gasteiger partial charge in [0, 0.05) is 12.1 Å². The fourth-order valence-corrected chi connectivity index (χ4v) is 6.52. The van der Waals surface area contributed by atoms with Gasteiger partial charge in [-0.1, -0.05) is 90.9 Å². The van der Waals surface area contributed by atoms with Crippen molar-refractivity contribution in [3.63, 3.8) is 0 Å². The van der Waals surface area contributed by atoms with Crippen LogP contribution in [0, 0.1) is 17.8 Å². The predicted molar refractivity (Wildman–Crippen MR) is 142 cm³/mol. The molecular weight excluding hydrogens is 440 g/mol. The zero-order chi connectivity index (χ0) is 24.9. The van der Waals surface area contributed by atoms with Crippen LogP contribution in [0.15, 0.2) is 18.3 Å². The molecule has 1 aromatic rings. The van der Waals surface area contributed by atoms with Crippen molar-refractivity contribution in [1.29, 1.82) is 0 Å². The Hall–Kier alpha value is -1.19. The van der Waals surface area contributed by atoms with Crippen LogP contribution in [0.5, 0.6) is 5.75 Å². The van der Waals surface area contributed by atoms with E-state index in [0.717, 1.165) is 31.6 Å². The van der Waals surface area contributed by atoms with Gasteiger partial charge in [-0.05, 0) is 62.0 Å². The highest BCUT2D eigenvalue weighted by atomic mass is 19.3. The number of ether oxygens (including phenoxy) is 1. The minimum Gasteiger partial charge on any atom is -0.492 e. The minimum atomic E-state index is -2.66. The van der Waals surface area contributed by atoms with Gasteiger partial charge in [-0.25, -0.2) is 8.78 Å². The van der Waals surface area contributed by atoms with Crippen LogP contribution in [-0.4, -0.2) is 17.5 Å². The Balaban J connectivity index is 1.39. The van der Waals surface area contributed by atoms with E-state index >= 15 is 8.78 Å². The maximum atomic E-state index is 15.3. The summed E-state index contributed by atoms with van der Waals surface area (Å²) >= 11 is 0. The Labute approximate surface area is 214 Å². The van der Waals surface area contributed by atoms with E-state index in [4.69, 9.17) is 4.74 Å². The molecule has 0 radical (unpaired) electrons. The predicted octanol–water partition coefficient (Wildman–Crippen LogP) is 10.1. The third kappa shape index (κ3) is 9.32. The van der Waals surface area contributed by atoms with E-state index in [1.165, 1.54) is 77.0 Å². The quantitative estimate of drug-likeness (QED) is 0.228. The molecule has 0 aromatic carbocycles. The largest absolute Gasteiger partial charge is 0.492 e. The number of rotatable bonds is 15. The first-order valence-corrected chi connectivity index (χ1v) is 15.0. The zero-order valence-electron chi connectivity index (χ0n) is 22.6. The topological polar surface area (TPSA) is 22.1 Å². The van der Waals surface area contributed by atoms with E-state index in [9.17, 15) is 0 Å². The molecule has 3 rings (SSSR count). The molecule has 2 nitrogen and oxygen atoms in total. The smallest absolute Gasteiger partial charge is 0.256 e. The van der Waals surface area contributed by atoms with E-state index in [1.54, 1.807) is 12.3 Å². The Kier molecular flexibility index (Phi) is 12.3. The van der Waals surface area contributed by atoms with Gasteiger partial charge in [0.25, 0.3) is 5.92 Å². The lowest BCUT2D eigenvalue weighted by Crippen LogP contribution is -2.38. The van der Waals surface area contributed by atoms with Crippen molar-refractivity contribution in [2.24, 2.45) is 17.8 Å². The van der Waals surface area contributed by atoms with Crippen LogP contribution < -0.4 is 4.74 Å². The van der Waals surface area contributed by atoms with E-state index in [2.05, 4.69) is 18.8 Å². The number of nitrogens with zero attached hydrogens (tertiary/aromatic N) is 1. The average molecular weight is 492 g/mol. The van der Waals surface area contributed by atoms with Crippen molar-refractivity contribution in [1.82, 2.24) is 4.98 Å². The lowest BCUT2D eigenvalue weighted by molar-refractivity contribution is -0.0855. The second-order valence-corrected chi connectivity index (χ2v) is 11.5. The van der Waals surface area contributed by atoms with Gasteiger partial charge < -0.3 is 4.74 Å². The molecule has 200 valence electrons. The normalized spacial score (nSPS) is 26.5. The van der Waals surface area contributed by atoms with Crippen molar-refractivity contribution in [2.75, 3.05) is 6.61 Å². The van der Waals surface area contributed by atoms with Crippen LogP contribution in [0.3, 0.4) is 0 Å². The fourth-order valence-electron chi connectivity index (χ4n) is 6.52. The molecule has 2 aliphatic rings. The van der Waals surface area contributed by atoms with Crippen LogP contribution in [0.1, 0.15) is 141 Å². The van der Waals surface area contributed by atoms with Gasteiger partial charge in [-0.2, -0.15) is 0 Å². The molecule has 2 aliphatic carbocycles. The van der Waals surface area contributed by atoms with Gasteiger partial charge in [0.05, 0.1) is 18.7 Å². The molecule has 0 unspecified atom stereocenters. The summed E-state index contributed by atoms with van der Waals surface area (Å²) in [6, 6.07) is 3.62. The van der Waals surface area contributed by atoms with Crippen LogP contribution in [-0.2, 0) is 0 Å². The second-order valence-electron chi connectivity index (χ2n) is 11.5. The molecule has 1 heterocycles. The van der Waals surface area contributed by atoms with Gasteiger partial charge in [0.1, 0.15) is 5.75 Å². The average Bonchev–Trinajstić information content (AvgIpc) is 2.86.